The molecule has 1 aromatic heterocycles. The molecule has 0 aromatic carbocycles. The summed E-state index contributed by atoms with van der Waals surface area (Å²) in [5, 5.41) is 4.13. The first-order valence-electron chi connectivity index (χ1n) is 5.97. The Morgan fingerprint density at radius 3 is 2.62 bits per heavy atom. The monoisotopic (exact) mass is 237 g/mol. The van der Waals surface area contributed by atoms with Crippen LogP contribution in [0.1, 0.15) is 44.1 Å². The molecular weight excluding hydrogens is 218 g/mol. The van der Waals surface area contributed by atoms with Crippen molar-refractivity contribution in [1.82, 2.24) is 5.43 Å². The number of hydrogen-bond donors (Lipinski definition) is 2. The quantitative estimate of drug-likeness (QED) is 0.273. The third-order valence-electron chi connectivity index (χ3n) is 3.07. The highest BCUT2D eigenvalue weighted by atomic mass is 32.1. The largest absolute Gasteiger partial charge is 0.308 e. The van der Waals surface area contributed by atoms with Crippen molar-refractivity contribution in [3.05, 3.63) is 22.4 Å². The predicted octanol–water partition coefficient (Wildman–Crippen LogP) is 2.68. The Labute approximate surface area is 101 Å². The van der Waals surface area contributed by atoms with Gasteiger partial charge in [-0.05, 0) is 24.3 Å². The van der Waals surface area contributed by atoms with Crippen LogP contribution in [0.2, 0.25) is 0 Å². The zero-order valence-electron chi connectivity index (χ0n) is 9.48. The molecule has 3 N–H and O–H groups in total. The molecule has 1 saturated carbocycles. The molecule has 1 fully saturated rings. The van der Waals surface area contributed by atoms with Crippen LogP contribution in [0.4, 0.5) is 0 Å². The van der Waals surface area contributed by atoms with Crippen molar-refractivity contribution < 1.29 is 0 Å². The summed E-state index contributed by atoms with van der Waals surface area (Å²) in [5.74, 6) is 6.38. The van der Waals surface area contributed by atoms with Gasteiger partial charge < -0.3 is 5.43 Å². The van der Waals surface area contributed by atoms with Crippen molar-refractivity contribution in [2.24, 2.45) is 10.8 Å². The van der Waals surface area contributed by atoms with Gasteiger partial charge in [0, 0.05) is 10.9 Å². The second kappa shape index (κ2) is 6.01. The number of hydrogen-bond acceptors (Lipinski definition) is 3. The van der Waals surface area contributed by atoms with Gasteiger partial charge in [-0.2, -0.15) is 11.3 Å². The molecule has 0 radical (unpaired) electrons. The lowest BCUT2D eigenvalue weighted by molar-refractivity contribution is 0.583. The van der Waals surface area contributed by atoms with Gasteiger partial charge in [-0.3, -0.25) is 4.99 Å². The van der Waals surface area contributed by atoms with E-state index in [1.54, 1.807) is 11.3 Å². The maximum Gasteiger partial charge on any atom is 0.143 e. The van der Waals surface area contributed by atoms with E-state index in [-0.39, 0.29) is 0 Å². The van der Waals surface area contributed by atoms with E-state index >= 15 is 0 Å². The first-order chi connectivity index (χ1) is 7.90. The summed E-state index contributed by atoms with van der Waals surface area (Å²) in [6.07, 6.45) is 7.72. The van der Waals surface area contributed by atoms with Gasteiger partial charge in [-0.1, -0.05) is 25.7 Å². The molecule has 1 aromatic rings. The van der Waals surface area contributed by atoms with Gasteiger partial charge in [0.25, 0.3) is 0 Å². The van der Waals surface area contributed by atoms with Crippen molar-refractivity contribution in [2.75, 3.05) is 0 Å². The maximum absolute atomic E-state index is 5.54. The second-order valence-corrected chi connectivity index (χ2v) is 5.06. The number of thiophene rings is 1. The van der Waals surface area contributed by atoms with Gasteiger partial charge in [-0.15, -0.1) is 0 Å². The van der Waals surface area contributed by atoms with Crippen LogP contribution < -0.4 is 11.3 Å². The molecule has 0 aliphatic heterocycles. The number of nitrogens with zero attached hydrogens (tertiary/aromatic N) is 1. The van der Waals surface area contributed by atoms with Crippen molar-refractivity contribution in [1.29, 1.82) is 0 Å². The molecule has 1 aliphatic rings. The first kappa shape index (κ1) is 11.6. The van der Waals surface area contributed by atoms with Crippen LogP contribution in [0.5, 0.6) is 0 Å². The van der Waals surface area contributed by atoms with Crippen LogP contribution in [0.25, 0.3) is 0 Å². The van der Waals surface area contributed by atoms with E-state index in [1.165, 1.54) is 38.5 Å². The van der Waals surface area contributed by atoms with Crippen molar-refractivity contribution in [3.8, 4) is 0 Å². The van der Waals surface area contributed by atoms with E-state index < -0.39 is 0 Å². The van der Waals surface area contributed by atoms with Gasteiger partial charge in [0.05, 0.1) is 6.04 Å². The number of rotatable bonds is 2. The maximum atomic E-state index is 5.54. The Bertz CT molecular complexity index is 324. The van der Waals surface area contributed by atoms with Gasteiger partial charge in [0.15, 0.2) is 0 Å². The van der Waals surface area contributed by atoms with E-state index in [1.807, 2.05) is 0 Å². The van der Waals surface area contributed by atoms with Crippen LogP contribution in [0.3, 0.4) is 0 Å². The molecule has 0 saturated heterocycles. The molecule has 0 amide bonds. The molecule has 0 atom stereocenters. The van der Waals surface area contributed by atoms with Crippen LogP contribution in [-0.4, -0.2) is 11.9 Å². The molecule has 0 bridgehead atoms. The molecule has 0 spiro atoms. The highest BCUT2D eigenvalue weighted by Crippen LogP contribution is 2.20. The topological polar surface area (TPSA) is 50.4 Å². The van der Waals surface area contributed by atoms with Crippen molar-refractivity contribution >= 4 is 17.2 Å². The highest BCUT2D eigenvalue weighted by Gasteiger charge is 2.12. The third-order valence-corrected chi connectivity index (χ3v) is 3.75. The fourth-order valence-electron chi connectivity index (χ4n) is 2.16. The van der Waals surface area contributed by atoms with E-state index in [0.717, 1.165) is 11.4 Å². The Morgan fingerprint density at radius 1 is 1.31 bits per heavy atom. The summed E-state index contributed by atoms with van der Waals surface area (Å²) in [7, 11) is 0. The lowest BCUT2D eigenvalue weighted by Crippen LogP contribution is -2.32. The summed E-state index contributed by atoms with van der Waals surface area (Å²) in [4.78, 5) is 4.74. The summed E-state index contributed by atoms with van der Waals surface area (Å²) >= 11 is 1.67. The minimum atomic E-state index is 0.452. The predicted molar refractivity (Wildman–Crippen MR) is 69.7 cm³/mol. The zero-order chi connectivity index (χ0) is 11.2. The second-order valence-electron chi connectivity index (χ2n) is 4.28. The SMILES string of the molecule is NNC(=NC1CCCCCC1)c1ccsc1. The Morgan fingerprint density at radius 2 is 2.06 bits per heavy atom. The number of amidine groups is 1. The van der Waals surface area contributed by atoms with E-state index in [9.17, 15) is 0 Å². The van der Waals surface area contributed by atoms with Crippen LogP contribution in [0, 0.1) is 0 Å². The summed E-state index contributed by atoms with van der Waals surface area (Å²) in [5.41, 5.74) is 3.84. The molecule has 2 rings (SSSR count). The van der Waals surface area contributed by atoms with Gasteiger partial charge in [-0.25, -0.2) is 5.84 Å². The van der Waals surface area contributed by atoms with Crippen LogP contribution >= 0.6 is 11.3 Å². The lowest BCUT2D eigenvalue weighted by atomic mass is 10.1. The Balaban J connectivity index is 2.07. The van der Waals surface area contributed by atoms with Crippen LogP contribution in [-0.2, 0) is 0 Å². The molecule has 4 heteroatoms. The Hall–Kier alpha value is -0.870. The lowest BCUT2D eigenvalue weighted by Gasteiger charge is -2.11. The fraction of sp³-hybridized carbons (Fsp3) is 0.583. The minimum absolute atomic E-state index is 0.452. The van der Waals surface area contributed by atoms with Gasteiger partial charge in [0.1, 0.15) is 5.84 Å². The summed E-state index contributed by atoms with van der Waals surface area (Å²) < 4.78 is 0. The number of nitrogens with two attached hydrogens (primary N) is 1. The van der Waals surface area contributed by atoms with E-state index in [0.29, 0.717) is 6.04 Å². The smallest absolute Gasteiger partial charge is 0.143 e. The van der Waals surface area contributed by atoms with Crippen molar-refractivity contribution in [3.63, 3.8) is 0 Å². The highest BCUT2D eigenvalue weighted by molar-refractivity contribution is 7.08. The zero-order valence-corrected chi connectivity index (χ0v) is 10.3. The molecular formula is C12H19N3S. The normalized spacial score (nSPS) is 19.4. The number of aliphatic imine (C=N–C) groups is 1. The molecule has 16 heavy (non-hydrogen) atoms. The Kier molecular flexibility index (Phi) is 4.36. The number of hydrazine groups is 1. The molecule has 0 unspecified atom stereocenters. The summed E-state index contributed by atoms with van der Waals surface area (Å²) in [6, 6.07) is 2.51. The molecule has 1 aliphatic carbocycles. The van der Waals surface area contributed by atoms with E-state index in [2.05, 4.69) is 22.3 Å². The van der Waals surface area contributed by atoms with Gasteiger partial charge >= 0.3 is 0 Å². The average Bonchev–Trinajstić information content (AvgIpc) is 2.71. The van der Waals surface area contributed by atoms with Gasteiger partial charge in [0.2, 0.25) is 0 Å². The molecule has 88 valence electrons. The molecule has 1 heterocycles. The average molecular weight is 237 g/mol. The van der Waals surface area contributed by atoms with E-state index in [4.69, 9.17) is 10.8 Å². The minimum Gasteiger partial charge on any atom is -0.308 e. The van der Waals surface area contributed by atoms with Crippen molar-refractivity contribution in [2.45, 2.75) is 44.6 Å². The third kappa shape index (κ3) is 3.06. The standard InChI is InChI=1S/C12H19N3S/c13-15-12(10-7-8-16-9-10)14-11-5-3-1-2-4-6-11/h7-9,11H,1-6,13H2,(H,14,15). The molecule has 3 nitrogen and oxygen atoms in total. The first-order valence-corrected chi connectivity index (χ1v) is 6.91. The fourth-order valence-corrected chi connectivity index (χ4v) is 2.80. The summed E-state index contributed by atoms with van der Waals surface area (Å²) in [6.45, 7) is 0. The number of nitrogens with one attached hydrogen (secondary N) is 1. The van der Waals surface area contributed by atoms with Crippen LogP contribution in [0.15, 0.2) is 21.8 Å².